The zero-order valence-electron chi connectivity index (χ0n) is 11.5. The van der Waals surface area contributed by atoms with Crippen molar-refractivity contribution in [2.24, 2.45) is 10.9 Å². The average Bonchev–Trinajstić information content (AvgIpc) is 2.48. The van der Waals surface area contributed by atoms with E-state index < -0.39 is 0 Å². The van der Waals surface area contributed by atoms with Gasteiger partial charge in [0.15, 0.2) is 5.84 Å². The molecule has 0 amide bonds. The molecule has 0 aliphatic heterocycles. The molecule has 0 fully saturated rings. The summed E-state index contributed by atoms with van der Waals surface area (Å²) in [6, 6.07) is 18.0. The van der Waals surface area contributed by atoms with E-state index in [1.165, 1.54) is 5.56 Å². The van der Waals surface area contributed by atoms with Crippen LogP contribution in [0.25, 0.3) is 0 Å². The molecule has 0 radical (unpaired) electrons. The van der Waals surface area contributed by atoms with Crippen LogP contribution in [0.4, 0.5) is 0 Å². The van der Waals surface area contributed by atoms with Crippen molar-refractivity contribution in [3.05, 3.63) is 71.3 Å². The minimum Gasteiger partial charge on any atom is -0.409 e. The number of amidine groups is 1. The standard InChI is InChI=1S/C16H19N3O/c1-19(11-13-7-3-2-4-8-13)12-14-9-5-6-10-15(14)16(17)18-20/h2-10,20H,11-12H2,1H3,(H2,17,18). The monoisotopic (exact) mass is 269 g/mol. The predicted octanol–water partition coefficient (Wildman–Crippen LogP) is 2.41. The summed E-state index contributed by atoms with van der Waals surface area (Å²) in [4.78, 5) is 2.19. The van der Waals surface area contributed by atoms with Crippen molar-refractivity contribution in [2.75, 3.05) is 7.05 Å². The molecular formula is C16H19N3O. The Labute approximate surface area is 119 Å². The summed E-state index contributed by atoms with van der Waals surface area (Å²) in [6.07, 6.45) is 0. The molecule has 0 saturated carbocycles. The van der Waals surface area contributed by atoms with Gasteiger partial charge < -0.3 is 10.9 Å². The molecule has 0 unspecified atom stereocenters. The Bertz CT molecular complexity index is 581. The molecule has 0 bridgehead atoms. The van der Waals surface area contributed by atoms with Crippen LogP contribution in [0.1, 0.15) is 16.7 Å². The summed E-state index contributed by atoms with van der Waals surface area (Å²) in [7, 11) is 2.05. The van der Waals surface area contributed by atoms with E-state index in [1.807, 2.05) is 42.5 Å². The van der Waals surface area contributed by atoms with Crippen molar-refractivity contribution in [1.29, 1.82) is 0 Å². The first kappa shape index (κ1) is 14.1. The molecule has 2 rings (SSSR count). The van der Waals surface area contributed by atoms with Gasteiger partial charge in [0.1, 0.15) is 0 Å². The van der Waals surface area contributed by atoms with Crippen molar-refractivity contribution >= 4 is 5.84 Å². The maximum absolute atomic E-state index is 8.83. The SMILES string of the molecule is CN(Cc1ccccc1)Cc1ccccc1/C(N)=N/O. The largest absolute Gasteiger partial charge is 0.409 e. The molecule has 3 N–H and O–H groups in total. The lowest BCUT2D eigenvalue weighted by molar-refractivity contribution is 0.315. The van der Waals surface area contributed by atoms with Gasteiger partial charge in [0.05, 0.1) is 0 Å². The number of nitrogens with two attached hydrogens (primary N) is 1. The third-order valence-corrected chi connectivity index (χ3v) is 3.14. The number of rotatable bonds is 5. The smallest absolute Gasteiger partial charge is 0.170 e. The third-order valence-electron chi connectivity index (χ3n) is 3.14. The Morgan fingerprint density at radius 1 is 1.05 bits per heavy atom. The van der Waals surface area contributed by atoms with Gasteiger partial charge in [0.25, 0.3) is 0 Å². The zero-order chi connectivity index (χ0) is 14.4. The van der Waals surface area contributed by atoms with Crippen LogP contribution in [-0.4, -0.2) is 23.0 Å². The van der Waals surface area contributed by atoms with Crippen molar-refractivity contribution in [3.63, 3.8) is 0 Å². The summed E-state index contributed by atoms with van der Waals surface area (Å²) in [6.45, 7) is 1.59. The van der Waals surface area contributed by atoms with Crippen LogP contribution in [-0.2, 0) is 13.1 Å². The number of nitrogens with zero attached hydrogens (tertiary/aromatic N) is 2. The van der Waals surface area contributed by atoms with Crippen LogP contribution in [0.15, 0.2) is 59.8 Å². The van der Waals surface area contributed by atoms with Crippen molar-refractivity contribution in [2.45, 2.75) is 13.1 Å². The summed E-state index contributed by atoms with van der Waals surface area (Å²) in [5.41, 5.74) is 8.78. The second-order valence-corrected chi connectivity index (χ2v) is 4.80. The van der Waals surface area contributed by atoms with E-state index in [-0.39, 0.29) is 5.84 Å². The fourth-order valence-corrected chi connectivity index (χ4v) is 2.20. The molecule has 2 aromatic rings. The van der Waals surface area contributed by atoms with Crippen LogP contribution >= 0.6 is 0 Å². The van der Waals surface area contributed by atoms with E-state index in [2.05, 4.69) is 29.2 Å². The molecule has 0 saturated heterocycles. The minimum absolute atomic E-state index is 0.147. The Morgan fingerprint density at radius 3 is 2.40 bits per heavy atom. The van der Waals surface area contributed by atoms with Gasteiger partial charge in [-0.2, -0.15) is 0 Å². The second-order valence-electron chi connectivity index (χ2n) is 4.80. The predicted molar refractivity (Wildman–Crippen MR) is 80.6 cm³/mol. The third kappa shape index (κ3) is 3.59. The molecule has 104 valence electrons. The highest BCUT2D eigenvalue weighted by Gasteiger charge is 2.09. The Balaban J connectivity index is 2.10. The van der Waals surface area contributed by atoms with Crippen LogP contribution < -0.4 is 5.73 Å². The van der Waals surface area contributed by atoms with E-state index in [1.54, 1.807) is 0 Å². The molecule has 0 aliphatic carbocycles. The highest BCUT2D eigenvalue weighted by atomic mass is 16.4. The Hall–Kier alpha value is -2.33. The average molecular weight is 269 g/mol. The summed E-state index contributed by atoms with van der Waals surface area (Å²) in [5.74, 6) is 0.147. The van der Waals surface area contributed by atoms with Crippen LogP contribution in [0.5, 0.6) is 0 Å². The summed E-state index contributed by atoms with van der Waals surface area (Å²) < 4.78 is 0. The highest BCUT2D eigenvalue weighted by Crippen LogP contribution is 2.12. The normalized spacial score (nSPS) is 11.8. The zero-order valence-corrected chi connectivity index (χ0v) is 11.5. The topological polar surface area (TPSA) is 61.8 Å². The number of hydrogen-bond donors (Lipinski definition) is 2. The Kier molecular flexibility index (Phi) is 4.74. The number of hydrogen-bond acceptors (Lipinski definition) is 3. The maximum atomic E-state index is 8.83. The molecule has 0 aliphatic rings. The van der Waals surface area contributed by atoms with Crippen molar-refractivity contribution < 1.29 is 5.21 Å². The van der Waals surface area contributed by atoms with Gasteiger partial charge in [-0.25, -0.2) is 0 Å². The fourth-order valence-electron chi connectivity index (χ4n) is 2.20. The first-order chi connectivity index (χ1) is 9.70. The lowest BCUT2D eigenvalue weighted by atomic mass is 10.1. The molecule has 20 heavy (non-hydrogen) atoms. The lowest BCUT2D eigenvalue weighted by Gasteiger charge is -2.18. The number of oxime groups is 1. The number of benzene rings is 2. The Morgan fingerprint density at radius 2 is 1.70 bits per heavy atom. The molecule has 0 spiro atoms. The van der Waals surface area contributed by atoms with Gasteiger partial charge in [-0.1, -0.05) is 59.8 Å². The quantitative estimate of drug-likeness (QED) is 0.379. The second kappa shape index (κ2) is 6.73. The van der Waals surface area contributed by atoms with Gasteiger partial charge in [0, 0.05) is 18.7 Å². The highest BCUT2D eigenvalue weighted by molar-refractivity contribution is 5.98. The summed E-state index contributed by atoms with van der Waals surface area (Å²) in [5, 5.41) is 11.9. The van der Waals surface area contributed by atoms with Gasteiger partial charge in [-0.05, 0) is 18.2 Å². The van der Waals surface area contributed by atoms with E-state index in [0.717, 1.165) is 24.2 Å². The molecule has 0 aromatic heterocycles. The van der Waals surface area contributed by atoms with E-state index in [4.69, 9.17) is 10.9 Å². The summed E-state index contributed by atoms with van der Waals surface area (Å²) >= 11 is 0. The fraction of sp³-hybridized carbons (Fsp3) is 0.188. The molecule has 0 heterocycles. The molecule has 4 heteroatoms. The molecular weight excluding hydrogens is 250 g/mol. The van der Waals surface area contributed by atoms with E-state index in [9.17, 15) is 0 Å². The first-order valence-electron chi connectivity index (χ1n) is 6.49. The lowest BCUT2D eigenvalue weighted by Crippen LogP contribution is -2.21. The molecule has 4 nitrogen and oxygen atoms in total. The van der Waals surface area contributed by atoms with E-state index in [0.29, 0.717) is 0 Å². The van der Waals surface area contributed by atoms with Gasteiger partial charge in [0.2, 0.25) is 0 Å². The van der Waals surface area contributed by atoms with E-state index >= 15 is 0 Å². The van der Waals surface area contributed by atoms with Gasteiger partial charge in [-0.3, -0.25) is 4.90 Å². The van der Waals surface area contributed by atoms with Crippen LogP contribution in [0.2, 0.25) is 0 Å². The minimum atomic E-state index is 0.147. The molecule has 0 atom stereocenters. The first-order valence-corrected chi connectivity index (χ1v) is 6.49. The van der Waals surface area contributed by atoms with Crippen LogP contribution in [0.3, 0.4) is 0 Å². The van der Waals surface area contributed by atoms with Gasteiger partial charge >= 0.3 is 0 Å². The van der Waals surface area contributed by atoms with Gasteiger partial charge in [-0.15, -0.1) is 0 Å². The van der Waals surface area contributed by atoms with Crippen molar-refractivity contribution in [3.8, 4) is 0 Å². The van der Waals surface area contributed by atoms with Crippen LogP contribution in [0, 0.1) is 0 Å². The van der Waals surface area contributed by atoms with Crippen molar-refractivity contribution in [1.82, 2.24) is 4.90 Å². The molecule has 2 aromatic carbocycles. The maximum Gasteiger partial charge on any atom is 0.170 e.